The van der Waals surface area contributed by atoms with Crippen LogP contribution in [-0.2, 0) is 0 Å². The SMILES string of the molecule is CCCN(/N=C(\C)c1cc(C)ccc1N)c1cccc(Cl)c1Cl. The van der Waals surface area contributed by atoms with Gasteiger partial charge in [-0.25, -0.2) is 0 Å². The molecule has 2 aromatic rings. The zero-order chi connectivity index (χ0) is 17.0. The standard InChI is InChI=1S/C18H21Cl2N3/c1-4-10-23(17-7-5-6-15(19)18(17)20)22-13(3)14-11-12(2)8-9-16(14)21/h5-9,11H,4,10,21H2,1-3H3/b22-13+. The van der Waals surface area contributed by atoms with Gasteiger partial charge in [-0.05, 0) is 44.5 Å². The van der Waals surface area contributed by atoms with E-state index in [9.17, 15) is 0 Å². The Morgan fingerprint density at radius 2 is 1.96 bits per heavy atom. The molecule has 0 saturated heterocycles. The van der Waals surface area contributed by atoms with Crippen molar-refractivity contribution in [3.63, 3.8) is 0 Å². The van der Waals surface area contributed by atoms with Crippen LogP contribution < -0.4 is 10.7 Å². The third kappa shape index (κ3) is 4.18. The van der Waals surface area contributed by atoms with Gasteiger partial charge in [-0.15, -0.1) is 0 Å². The van der Waals surface area contributed by atoms with Crippen molar-refractivity contribution in [2.75, 3.05) is 17.3 Å². The summed E-state index contributed by atoms with van der Waals surface area (Å²) in [7, 11) is 0. The molecule has 2 N–H and O–H groups in total. The smallest absolute Gasteiger partial charge is 0.0845 e. The Morgan fingerprint density at radius 3 is 2.65 bits per heavy atom. The van der Waals surface area contributed by atoms with Crippen molar-refractivity contribution in [3.05, 3.63) is 57.6 Å². The molecule has 122 valence electrons. The third-order valence-corrected chi connectivity index (χ3v) is 4.32. The Hall–Kier alpha value is -1.71. The van der Waals surface area contributed by atoms with E-state index in [-0.39, 0.29) is 0 Å². The van der Waals surface area contributed by atoms with Crippen LogP contribution in [0.25, 0.3) is 0 Å². The molecule has 0 amide bonds. The Bertz CT molecular complexity index is 726. The minimum absolute atomic E-state index is 0.511. The molecule has 0 spiro atoms. The van der Waals surface area contributed by atoms with Crippen LogP contribution in [0.1, 0.15) is 31.4 Å². The molecule has 2 rings (SSSR count). The second-order valence-electron chi connectivity index (χ2n) is 5.47. The number of hydrazone groups is 1. The summed E-state index contributed by atoms with van der Waals surface area (Å²) in [6.45, 7) is 6.82. The predicted molar refractivity (Wildman–Crippen MR) is 102 cm³/mol. The minimum Gasteiger partial charge on any atom is -0.398 e. The van der Waals surface area contributed by atoms with E-state index in [0.29, 0.717) is 15.7 Å². The van der Waals surface area contributed by atoms with Crippen molar-refractivity contribution in [3.8, 4) is 0 Å². The van der Waals surface area contributed by atoms with Gasteiger partial charge in [-0.3, -0.25) is 5.01 Å². The molecule has 5 heteroatoms. The van der Waals surface area contributed by atoms with Crippen molar-refractivity contribution in [2.24, 2.45) is 5.10 Å². The fourth-order valence-electron chi connectivity index (χ4n) is 2.35. The summed E-state index contributed by atoms with van der Waals surface area (Å²) in [6, 6.07) is 11.5. The number of halogens is 2. The van der Waals surface area contributed by atoms with Gasteiger partial charge in [0, 0.05) is 17.8 Å². The Labute approximate surface area is 147 Å². The van der Waals surface area contributed by atoms with E-state index >= 15 is 0 Å². The first kappa shape index (κ1) is 17.6. The number of benzene rings is 2. The average Bonchev–Trinajstić information content (AvgIpc) is 2.52. The van der Waals surface area contributed by atoms with Crippen LogP contribution in [0.15, 0.2) is 41.5 Å². The first-order valence-corrected chi connectivity index (χ1v) is 8.33. The van der Waals surface area contributed by atoms with E-state index in [2.05, 4.69) is 6.92 Å². The van der Waals surface area contributed by atoms with Gasteiger partial charge in [0.05, 0.1) is 21.4 Å². The van der Waals surface area contributed by atoms with Gasteiger partial charge in [0.1, 0.15) is 0 Å². The van der Waals surface area contributed by atoms with Crippen LogP contribution in [0.4, 0.5) is 11.4 Å². The molecular weight excluding hydrogens is 329 g/mol. The topological polar surface area (TPSA) is 41.6 Å². The summed E-state index contributed by atoms with van der Waals surface area (Å²) in [4.78, 5) is 0. The number of nitrogens with two attached hydrogens (primary N) is 1. The van der Waals surface area contributed by atoms with E-state index in [1.54, 1.807) is 6.07 Å². The Kier molecular flexibility index (Phi) is 5.91. The number of nitrogen functional groups attached to an aromatic ring is 1. The predicted octanol–water partition coefficient (Wildman–Crippen LogP) is 5.52. The van der Waals surface area contributed by atoms with E-state index < -0.39 is 0 Å². The molecule has 3 nitrogen and oxygen atoms in total. The number of hydrogen-bond acceptors (Lipinski definition) is 3. The van der Waals surface area contributed by atoms with Gasteiger partial charge in [-0.2, -0.15) is 5.10 Å². The molecule has 0 fully saturated rings. The maximum absolute atomic E-state index is 6.34. The zero-order valence-corrected chi connectivity index (χ0v) is 15.1. The monoisotopic (exact) mass is 349 g/mol. The Morgan fingerprint density at radius 1 is 1.22 bits per heavy atom. The van der Waals surface area contributed by atoms with Gasteiger partial charge < -0.3 is 5.73 Å². The number of rotatable bonds is 5. The van der Waals surface area contributed by atoms with Crippen LogP contribution in [0, 0.1) is 6.92 Å². The van der Waals surface area contributed by atoms with Gasteiger partial charge in [-0.1, -0.05) is 47.8 Å². The van der Waals surface area contributed by atoms with Gasteiger partial charge in [0.25, 0.3) is 0 Å². The van der Waals surface area contributed by atoms with Crippen molar-refractivity contribution >= 4 is 40.3 Å². The maximum atomic E-state index is 6.34. The second kappa shape index (κ2) is 7.71. The number of aryl methyl sites for hydroxylation is 1. The second-order valence-corrected chi connectivity index (χ2v) is 6.26. The molecule has 0 unspecified atom stereocenters. The molecule has 0 aliphatic carbocycles. The minimum atomic E-state index is 0.511. The number of nitrogens with zero attached hydrogens (tertiary/aromatic N) is 2. The average molecular weight is 350 g/mol. The lowest BCUT2D eigenvalue weighted by Gasteiger charge is -2.21. The van der Waals surface area contributed by atoms with Crippen molar-refractivity contribution in [2.45, 2.75) is 27.2 Å². The highest BCUT2D eigenvalue weighted by atomic mass is 35.5. The summed E-state index contributed by atoms with van der Waals surface area (Å²) in [5, 5.41) is 7.65. The molecule has 0 atom stereocenters. The largest absolute Gasteiger partial charge is 0.398 e. The summed E-state index contributed by atoms with van der Waals surface area (Å²) in [6.07, 6.45) is 0.933. The van der Waals surface area contributed by atoms with Gasteiger partial charge in [0.2, 0.25) is 0 Å². The van der Waals surface area contributed by atoms with Crippen LogP contribution >= 0.6 is 23.2 Å². The summed E-state index contributed by atoms with van der Waals surface area (Å²) in [5.41, 5.74) is 10.5. The van der Waals surface area contributed by atoms with E-state index in [0.717, 1.165) is 35.5 Å². The molecule has 0 heterocycles. The summed E-state index contributed by atoms with van der Waals surface area (Å²) in [5.74, 6) is 0. The molecule has 0 aromatic heterocycles. The van der Waals surface area contributed by atoms with Crippen LogP contribution in [0.5, 0.6) is 0 Å². The molecular formula is C18H21Cl2N3. The lowest BCUT2D eigenvalue weighted by Crippen LogP contribution is -2.20. The Balaban J connectivity index is 2.45. The van der Waals surface area contributed by atoms with Crippen LogP contribution in [0.3, 0.4) is 0 Å². The van der Waals surface area contributed by atoms with Crippen molar-refractivity contribution < 1.29 is 0 Å². The molecule has 0 saturated carbocycles. The van der Waals surface area contributed by atoms with Crippen LogP contribution in [-0.4, -0.2) is 12.3 Å². The molecule has 2 aromatic carbocycles. The van der Waals surface area contributed by atoms with E-state index in [1.807, 2.05) is 49.2 Å². The molecule has 0 aliphatic heterocycles. The molecule has 0 bridgehead atoms. The van der Waals surface area contributed by atoms with E-state index in [4.69, 9.17) is 34.0 Å². The highest BCUT2D eigenvalue weighted by Crippen LogP contribution is 2.33. The van der Waals surface area contributed by atoms with Gasteiger partial charge >= 0.3 is 0 Å². The summed E-state index contributed by atoms with van der Waals surface area (Å²) < 4.78 is 0. The quantitative estimate of drug-likeness (QED) is 0.438. The fraction of sp³-hybridized carbons (Fsp3) is 0.278. The lowest BCUT2D eigenvalue weighted by molar-refractivity contribution is 0.806. The van der Waals surface area contributed by atoms with Crippen molar-refractivity contribution in [1.29, 1.82) is 0 Å². The lowest BCUT2D eigenvalue weighted by atomic mass is 10.1. The maximum Gasteiger partial charge on any atom is 0.0845 e. The highest BCUT2D eigenvalue weighted by Gasteiger charge is 2.13. The molecule has 0 aliphatic rings. The zero-order valence-electron chi connectivity index (χ0n) is 13.6. The molecule has 23 heavy (non-hydrogen) atoms. The number of anilines is 2. The first-order chi connectivity index (χ1) is 10.9. The summed E-state index contributed by atoms with van der Waals surface area (Å²) >= 11 is 12.5. The van der Waals surface area contributed by atoms with Crippen LogP contribution in [0.2, 0.25) is 10.0 Å². The normalized spacial score (nSPS) is 11.6. The molecule has 0 radical (unpaired) electrons. The van der Waals surface area contributed by atoms with Gasteiger partial charge in [0.15, 0.2) is 0 Å². The fourth-order valence-corrected chi connectivity index (χ4v) is 2.74. The number of hydrogen-bond donors (Lipinski definition) is 1. The highest BCUT2D eigenvalue weighted by molar-refractivity contribution is 6.43. The first-order valence-electron chi connectivity index (χ1n) is 7.57. The van der Waals surface area contributed by atoms with Crippen molar-refractivity contribution in [1.82, 2.24) is 0 Å². The third-order valence-electron chi connectivity index (χ3n) is 3.51. The van der Waals surface area contributed by atoms with E-state index in [1.165, 1.54) is 0 Å².